The molecular formula is C19H19ClN2O3S2. The SMILES string of the molecule is COc1ccc(CN(C)C(=O)CSc2nc3cc(Cl)ccc3s2)cc1OC. The summed E-state index contributed by atoms with van der Waals surface area (Å²) >= 11 is 9.00. The highest BCUT2D eigenvalue weighted by molar-refractivity contribution is 8.01. The molecule has 0 atom stereocenters. The van der Waals surface area contributed by atoms with Gasteiger partial charge in [0.05, 0.1) is 30.2 Å². The van der Waals surface area contributed by atoms with Gasteiger partial charge in [-0.05, 0) is 35.9 Å². The van der Waals surface area contributed by atoms with Crippen molar-refractivity contribution in [2.45, 2.75) is 10.9 Å². The molecule has 27 heavy (non-hydrogen) atoms. The van der Waals surface area contributed by atoms with E-state index in [0.717, 1.165) is 20.1 Å². The van der Waals surface area contributed by atoms with Gasteiger partial charge >= 0.3 is 0 Å². The molecule has 0 bridgehead atoms. The summed E-state index contributed by atoms with van der Waals surface area (Å²) in [6.45, 7) is 0.495. The maximum absolute atomic E-state index is 12.5. The van der Waals surface area contributed by atoms with E-state index in [1.807, 2.05) is 36.4 Å². The van der Waals surface area contributed by atoms with Crippen LogP contribution in [-0.2, 0) is 11.3 Å². The van der Waals surface area contributed by atoms with E-state index in [1.54, 1.807) is 37.5 Å². The molecule has 0 aliphatic carbocycles. The summed E-state index contributed by atoms with van der Waals surface area (Å²) < 4.78 is 12.5. The van der Waals surface area contributed by atoms with Gasteiger partial charge in [0.1, 0.15) is 0 Å². The number of thioether (sulfide) groups is 1. The molecule has 0 unspecified atom stereocenters. The Hall–Kier alpha value is -1.96. The van der Waals surface area contributed by atoms with Crippen molar-refractivity contribution in [3.8, 4) is 11.5 Å². The lowest BCUT2D eigenvalue weighted by atomic mass is 10.2. The van der Waals surface area contributed by atoms with Crippen LogP contribution in [0.4, 0.5) is 0 Å². The molecule has 0 saturated heterocycles. The summed E-state index contributed by atoms with van der Waals surface area (Å²) in [6, 6.07) is 11.3. The monoisotopic (exact) mass is 422 g/mol. The molecule has 0 aliphatic rings. The van der Waals surface area contributed by atoms with Crippen LogP contribution >= 0.6 is 34.7 Å². The van der Waals surface area contributed by atoms with Gasteiger partial charge in [0.25, 0.3) is 0 Å². The Morgan fingerprint density at radius 3 is 2.70 bits per heavy atom. The second kappa shape index (κ2) is 8.82. The van der Waals surface area contributed by atoms with Crippen LogP contribution in [0.3, 0.4) is 0 Å². The summed E-state index contributed by atoms with van der Waals surface area (Å²) in [5.74, 6) is 1.68. The highest BCUT2D eigenvalue weighted by atomic mass is 35.5. The number of rotatable bonds is 7. The van der Waals surface area contributed by atoms with Crippen molar-refractivity contribution in [3.63, 3.8) is 0 Å². The first-order valence-electron chi connectivity index (χ1n) is 8.14. The number of methoxy groups -OCH3 is 2. The Labute approximate surface area is 171 Å². The number of halogens is 1. The minimum Gasteiger partial charge on any atom is -0.493 e. The van der Waals surface area contributed by atoms with Crippen molar-refractivity contribution in [2.24, 2.45) is 0 Å². The van der Waals surface area contributed by atoms with E-state index in [1.165, 1.54) is 11.8 Å². The fourth-order valence-electron chi connectivity index (χ4n) is 2.52. The summed E-state index contributed by atoms with van der Waals surface area (Å²) in [5.41, 5.74) is 1.84. The molecule has 8 heteroatoms. The van der Waals surface area contributed by atoms with Crippen LogP contribution in [0.25, 0.3) is 10.2 Å². The third-order valence-electron chi connectivity index (χ3n) is 3.94. The number of carbonyl (C=O) groups is 1. The van der Waals surface area contributed by atoms with Crippen LogP contribution in [0.2, 0.25) is 5.02 Å². The molecule has 0 N–H and O–H groups in total. The zero-order valence-electron chi connectivity index (χ0n) is 15.2. The van der Waals surface area contributed by atoms with Crippen LogP contribution in [-0.4, -0.2) is 42.8 Å². The molecule has 0 spiro atoms. The lowest BCUT2D eigenvalue weighted by Gasteiger charge is -2.18. The number of fused-ring (bicyclic) bond motifs is 1. The second-order valence-electron chi connectivity index (χ2n) is 5.82. The third kappa shape index (κ3) is 4.86. The standard InChI is InChI=1S/C19H19ClN2O3S2/c1-22(10-12-4-6-15(24-2)16(8-12)25-3)18(23)11-26-19-21-14-9-13(20)5-7-17(14)27-19/h4-9H,10-11H2,1-3H3. The zero-order chi connectivity index (χ0) is 19.4. The van der Waals surface area contributed by atoms with Crippen LogP contribution in [0, 0.1) is 0 Å². The molecule has 1 heterocycles. The fourth-order valence-corrected chi connectivity index (χ4v) is 4.67. The van der Waals surface area contributed by atoms with E-state index >= 15 is 0 Å². The van der Waals surface area contributed by atoms with E-state index in [-0.39, 0.29) is 5.91 Å². The predicted molar refractivity (Wildman–Crippen MR) is 111 cm³/mol. The molecule has 1 aromatic heterocycles. The fraction of sp³-hybridized carbons (Fsp3) is 0.263. The van der Waals surface area contributed by atoms with Gasteiger partial charge in [-0.1, -0.05) is 29.4 Å². The van der Waals surface area contributed by atoms with Crippen LogP contribution in [0.1, 0.15) is 5.56 Å². The number of amides is 1. The lowest BCUT2D eigenvalue weighted by molar-refractivity contribution is -0.127. The first kappa shape index (κ1) is 19.8. The van der Waals surface area contributed by atoms with Gasteiger partial charge in [-0.15, -0.1) is 11.3 Å². The number of benzene rings is 2. The number of hydrogen-bond acceptors (Lipinski definition) is 6. The van der Waals surface area contributed by atoms with E-state index in [9.17, 15) is 4.79 Å². The smallest absolute Gasteiger partial charge is 0.233 e. The van der Waals surface area contributed by atoms with Gasteiger partial charge in [-0.2, -0.15) is 0 Å². The van der Waals surface area contributed by atoms with Gasteiger partial charge < -0.3 is 14.4 Å². The van der Waals surface area contributed by atoms with Gasteiger partial charge in [-0.25, -0.2) is 4.98 Å². The van der Waals surface area contributed by atoms with Gasteiger partial charge in [-0.3, -0.25) is 4.79 Å². The molecule has 3 aromatic rings. The Morgan fingerprint density at radius 1 is 1.19 bits per heavy atom. The average Bonchev–Trinajstić information content (AvgIpc) is 3.07. The number of hydrogen-bond donors (Lipinski definition) is 0. The molecule has 5 nitrogen and oxygen atoms in total. The summed E-state index contributed by atoms with van der Waals surface area (Å²) in [4.78, 5) is 18.7. The Morgan fingerprint density at radius 2 is 1.96 bits per heavy atom. The van der Waals surface area contributed by atoms with Gasteiger partial charge in [0.15, 0.2) is 15.8 Å². The largest absolute Gasteiger partial charge is 0.493 e. The number of aromatic nitrogens is 1. The number of ether oxygens (including phenoxy) is 2. The van der Waals surface area contributed by atoms with E-state index in [0.29, 0.717) is 28.8 Å². The predicted octanol–water partition coefficient (Wildman–Crippen LogP) is 4.72. The highest BCUT2D eigenvalue weighted by Crippen LogP contribution is 2.31. The van der Waals surface area contributed by atoms with E-state index in [4.69, 9.17) is 21.1 Å². The molecule has 0 saturated carbocycles. The molecular weight excluding hydrogens is 404 g/mol. The van der Waals surface area contributed by atoms with Crippen molar-refractivity contribution in [1.82, 2.24) is 9.88 Å². The molecule has 1 amide bonds. The molecule has 0 fully saturated rings. The number of thiazole rings is 1. The maximum Gasteiger partial charge on any atom is 0.233 e. The number of nitrogens with zero attached hydrogens (tertiary/aromatic N) is 2. The van der Waals surface area contributed by atoms with Crippen molar-refractivity contribution < 1.29 is 14.3 Å². The van der Waals surface area contributed by atoms with Crippen LogP contribution in [0.5, 0.6) is 11.5 Å². The minimum atomic E-state index is 0.0343. The van der Waals surface area contributed by atoms with E-state index in [2.05, 4.69) is 4.98 Å². The Balaban J connectivity index is 1.60. The van der Waals surface area contributed by atoms with Crippen molar-refractivity contribution in [3.05, 3.63) is 47.0 Å². The van der Waals surface area contributed by atoms with Crippen molar-refractivity contribution in [2.75, 3.05) is 27.0 Å². The molecule has 0 aliphatic heterocycles. The van der Waals surface area contributed by atoms with Crippen LogP contribution in [0.15, 0.2) is 40.7 Å². The zero-order valence-corrected chi connectivity index (χ0v) is 17.6. The first-order chi connectivity index (χ1) is 13.0. The molecule has 2 aromatic carbocycles. The first-order valence-corrected chi connectivity index (χ1v) is 10.3. The van der Waals surface area contributed by atoms with Crippen molar-refractivity contribution in [1.29, 1.82) is 0 Å². The highest BCUT2D eigenvalue weighted by Gasteiger charge is 2.13. The van der Waals surface area contributed by atoms with Crippen molar-refractivity contribution >= 4 is 50.8 Å². The number of carbonyl (C=O) groups excluding carboxylic acids is 1. The second-order valence-corrected chi connectivity index (χ2v) is 8.51. The summed E-state index contributed by atoms with van der Waals surface area (Å²) in [6.07, 6.45) is 0. The quantitative estimate of drug-likeness (QED) is 0.516. The maximum atomic E-state index is 12.5. The van der Waals surface area contributed by atoms with Gasteiger partial charge in [0.2, 0.25) is 5.91 Å². The molecule has 0 radical (unpaired) electrons. The third-order valence-corrected chi connectivity index (χ3v) is 6.34. The Bertz CT molecular complexity index is 961. The minimum absolute atomic E-state index is 0.0343. The average molecular weight is 423 g/mol. The Kier molecular flexibility index (Phi) is 6.46. The molecule has 142 valence electrons. The summed E-state index contributed by atoms with van der Waals surface area (Å²) in [7, 11) is 4.98. The lowest BCUT2D eigenvalue weighted by Crippen LogP contribution is -2.27. The normalized spacial score (nSPS) is 10.8. The summed E-state index contributed by atoms with van der Waals surface area (Å²) in [5, 5.41) is 0.662. The molecule has 3 rings (SSSR count). The van der Waals surface area contributed by atoms with Crippen LogP contribution < -0.4 is 9.47 Å². The van der Waals surface area contributed by atoms with E-state index < -0.39 is 0 Å². The topological polar surface area (TPSA) is 51.7 Å². The van der Waals surface area contributed by atoms with Gasteiger partial charge in [0, 0.05) is 18.6 Å².